The molecule has 0 saturated carbocycles. The molecule has 0 aliphatic rings. The Morgan fingerprint density at radius 2 is 1.89 bits per heavy atom. The molecule has 152 valence electrons. The second kappa shape index (κ2) is 10.8. The minimum atomic E-state index is -3.77. The van der Waals surface area contributed by atoms with E-state index in [1.807, 2.05) is 24.3 Å². The summed E-state index contributed by atoms with van der Waals surface area (Å²) in [4.78, 5) is 11.9. The second-order valence-corrected chi connectivity index (χ2v) is 7.99. The molecule has 2 aromatic carbocycles. The zero-order valence-electron chi connectivity index (χ0n) is 15.8. The number of carbonyl (C=O) groups excluding carboxylic acids is 1. The highest BCUT2D eigenvalue weighted by Crippen LogP contribution is 2.14. The van der Waals surface area contributed by atoms with Gasteiger partial charge in [0.25, 0.3) is 0 Å². The molecule has 1 amide bonds. The number of sulfonamides is 1. The first-order chi connectivity index (χ1) is 13.4. The molecular weight excluding hydrogens is 383 g/mol. The van der Waals surface area contributed by atoms with Gasteiger partial charge in [0.1, 0.15) is 11.6 Å². The van der Waals surface area contributed by atoms with Crippen LogP contribution in [-0.2, 0) is 21.4 Å². The van der Waals surface area contributed by atoms with Crippen LogP contribution in [0.4, 0.5) is 4.39 Å². The molecule has 0 heterocycles. The van der Waals surface area contributed by atoms with Gasteiger partial charge in [0.2, 0.25) is 15.9 Å². The number of halogens is 1. The van der Waals surface area contributed by atoms with Crippen LogP contribution in [0.1, 0.15) is 31.7 Å². The number of carbonyl (C=O) groups is 1. The quantitative estimate of drug-likeness (QED) is 0.560. The number of rotatable bonds is 11. The predicted octanol–water partition coefficient (Wildman–Crippen LogP) is 2.99. The van der Waals surface area contributed by atoms with Gasteiger partial charge in [-0.2, -0.15) is 0 Å². The standard InChI is InChI=1S/C20H25FN2O4S/c1-2-3-13-27-18-6-4-5-16(14-18)15-22-20(24)11-12-23-28(25,26)19-9-7-17(21)8-10-19/h4-10,14,23H,2-3,11-13,15H2,1H3,(H,22,24). The molecule has 0 aliphatic heterocycles. The third kappa shape index (κ3) is 7.28. The Labute approximate surface area is 165 Å². The lowest BCUT2D eigenvalue weighted by molar-refractivity contribution is -0.121. The number of unbranched alkanes of at least 4 members (excludes halogenated alkanes) is 1. The van der Waals surface area contributed by atoms with Crippen molar-refractivity contribution in [3.63, 3.8) is 0 Å². The van der Waals surface area contributed by atoms with Crippen molar-refractivity contribution in [1.82, 2.24) is 10.0 Å². The summed E-state index contributed by atoms with van der Waals surface area (Å²) in [7, 11) is -3.77. The molecule has 0 aliphatic carbocycles. The van der Waals surface area contributed by atoms with Crippen molar-refractivity contribution in [3.05, 3.63) is 59.9 Å². The van der Waals surface area contributed by atoms with Gasteiger partial charge < -0.3 is 10.1 Å². The second-order valence-electron chi connectivity index (χ2n) is 6.23. The number of hydrogen-bond acceptors (Lipinski definition) is 4. The average Bonchev–Trinajstić information content (AvgIpc) is 2.67. The molecule has 0 spiro atoms. The summed E-state index contributed by atoms with van der Waals surface area (Å²) in [6.07, 6.45) is 2.03. The Hall–Kier alpha value is -2.45. The summed E-state index contributed by atoms with van der Waals surface area (Å²) in [5, 5.41) is 2.75. The lowest BCUT2D eigenvalue weighted by Gasteiger charge is -2.09. The molecule has 6 nitrogen and oxygen atoms in total. The predicted molar refractivity (Wildman–Crippen MR) is 105 cm³/mol. The number of amides is 1. The van der Waals surface area contributed by atoms with Crippen LogP contribution >= 0.6 is 0 Å². The Kier molecular flexibility index (Phi) is 8.41. The summed E-state index contributed by atoms with van der Waals surface area (Å²) >= 11 is 0. The first-order valence-corrected chi connectivity index (χ1v) is 10.6. The van der Waals surface area contributed by atoms with E-state index in [4.69, 9.17) is 4.74 Å². The van der Waals surface area contributed by atoms with Crippen molar-refractivity contribution in [3.8, 4) is 5.75 Å². The zero-order valence-corrected chi connectivity index (χ0v) is 16.6. The molecule has 0 saturated heterocycles. The summed E-state index contributed by atoms with van der Waals surface area (Å²) in [5.41, 5.74) is 0.897. The van der Waals surface area contributed by atoms with E-state index in [-0.39, 0.29) is 23.8 Å². The molecule has 0 unspecified atom stereocenters. The van der Waals surface area contributed by atoms with Crippen LogP contribution in [0.3, 0.4) is 0 Å². The third-order valence-corrected chi connectivity index (χ3v) is 5.40. The molecule has 0 atom stereocenters. The number of benzene rings is 2. The highest BCUT2D eigenvalue weighted by atomic mass is 32.2. The Balaban J connectivity index is 1.75. The molecule has 2 rings (SSSR count). The fourth-order valence-electron chi connectivity index (χ4n) is 2.36. The van der Waals surface area contributed by atoms with Gasteiger partial charge >= 0.3 is 0 Å². The zero-order chi connectivity index (χ0) is 20.4. The van der Waals surface area contributed by atoms with Crippen LogP contribution in [0.2, 0.25) is 0 Å². The molecule has 0 bridgehead atoms. The Morgan fingerprint density at radius 1 is 1.14 bits per heavy atom. The van der Waals surface area contributed by atoms with E-state index < -0.39 is 15.8 Å². The molecule has 0 fully saturated rings. The molecular formula is C20H25FN2O4S. The van der Waals surface area contributed by atoms with Crippen LogP contribution in [0.5, 0.6) is 5.75 Å². The fourth-order valence-corrected chi connectivity index (χ4v) is 3.40. The summed E-state index contributed by atoms with van der Waals surface area (Å²) in [6.45, 7) is 3.02. The van der Waals surface area contributed by atoms with E-state index in [9.17, 15) is 17.6 Å². The van der Waals surface area contributed by atoms with E-state index in [0.29, 0.717) is 13.2 Å². The van der Waals surface area contributed by atoms with E-state index in [0.717, 1.165) is 36.3 Å². The first kappa shape index (κ1) is 21.8. The van der Waals surface area contributed by atoms with Crippen LogP contribution < -0.4 is 14.8 Å². The van der Waals surface area contributed by atoms with Gasteiger partial charge in [0.15, 0.2) is 0 Å². The molecule has 0 aromatic heterocycles. The molecule has 2 aromatic rings. The monoisotopic (exact) mass is 408 g/mol. The van der Waals surface area contributed by atoms with E-state index in [1.54, 1.807) is 0 Å². The first-order valence-electron chi connectivity index (χ1n) is 9.14. The maximum absolute atomic E-state index is 12.9. The van der Waals surface area contributed by atoms with Crippen LogP contribution in [-0.4, -0.2) is 27.5 Å². The van der Waals surface area contributed by atoms with Crippen molar-refractivity contribution < 1.29 is 22.3 Å². The van der Waals surface area contributed by atoms with Crippen molar-refractivity contribution in [2.24, 2.45) is 0 Å². The Morgan fingerprint density at radius 3 is 2.61 bits per heavy atom. The topological polar surface area (TPSA) is 84.5 Å². The smallest absolute Gasteiger partial charge is 0.240 e. The van der Waals surface area contributed by atoms with E-state index >= 15 is 0 Å². The molecule has 28 heavy (non-hydrogen) atoms. The third-order valence-electron chi connectivity index (χ3n) is 3.92. The summed E-state index contributed by atoms with van der Waals surface area (Å²) in [5.74, 6) is -0.0375. The Bertz CT molecular complexity index is 870. The number of nitrogens with one attached hydrogen (secondary N) is 2. The molecule has 2 N–H and O–H groups in total. The van der Waals surface area contributed by atoms with Gasteiger partial charge in [-0.25, -0.2) is 17.5 Å². The average molecular weight is 408 g/mol. The van der Waals surface area contributed by atoms with Crippen LogP contribution in [0, 0.1) is 5.82 Å². The fraction of sp³-hybridized carbons (Fsp3) is 0.350. The van der Waals surface area contributed by atoms with E-state index in [2.05, 4.69) is 17.0 Å². The van der Waals surface area contributed by atoms with Crippen molar-refractivity contribution >= 4 is 15.9 Å². The van der Waals surface area contributed by atoms with Gasteiger partial charge in [-0.3, -0.25) is 4.79 Å². The maximum atomic E-state index is 12.9. The van der Waals surface area contributed by atoms with Crippen molar-refractivity contribution in [2.45, 2.75) is 37.6 Å². The minimum Gasteiger partial charge on any atom is -0.494 e. The normalized spacial score (nSPS) is 11.2. The maximum Gasteiger partial charge on any atom is 0.240 e. The summed E-state index contributed by atoms with van der Waals surface area (Å²) in [6, 6.07) is 12.0. The van der Waals surface area contributed by atoms with Crippen LogP contribution in [0.25, 0.3) is 0 Å². The lowest BCUT2D eigenvalue weighted by atomic mass is 10.2. The van der Waals surface area contributed by atoms with Crippen molar-refractivity contribution in [1.29, 1.82) is 0 Å². The molecule has 8 heteroatoms. The number of hydrogen-bond donors (Lipinski definition) is 2. The van der Waals surface area contributed by atoms with Crippen molar-refractivity contribution in [2.75, 3.05) is 13.2 Å². The van der Waals surface area contributed by atoms with Gasteiger partial charge in [-0.15, -0.1) is 0 Å². The highest BCUT2D eigenvalue weighted by Gasteiger charge is 2.14. The lowest BCUT2D eigenvalue weighted by Crippen LogP contribution is -2.30. The van der Waals surface area contributed by atoms with Gasteiger partial charge in [0, 0.05) is 19.5 Å². The van der Waals surface area contributed by atoms with Gasteiger partial charge in [-0.1, -0.05) is 25.5 Å². The SMILES string of the molecule is CCCCOc1cccc(CNC(=O)CCNS(=O)(=O)c2ccc(F)cc2)c1. The number of ether oxygens (including phenoxy) is 1. The summed E-state index contributed by atoms with van der Waals surface area (Å²) < 4.78 is 45.0. The van der Waals surface area contributed by atoms with E-state index in [1.165, 1.54) is 12.1 Å². The minimum absolute atomic E-state index is 0.00683. The van der Waals surface area contributed by atoms with Crippen LogP contribution in [0.15, 0.2) is 53.4 Å². The highest BCUT2D eigenvalue weighted by molar-refractivity contribution is 7.89. The van der Waals surface area contributed by atoms with Gasteiger partial charge in [0.05, 0.1) is 11.5 Å². The molecule has 0 radical (unpaired) electrons. The largest absolute Gasteiger partial charge is 0.494 e. The van der Waals surface area contributed by atoms with Gasteiger partial charge in [-0.05, 0) is 48.4 Å².